The summed E-state index contributed by atoms with van der Waals surface area (Å²) < 4.78 is 16.1. The molecule has 0 radical (unpaired) electrons. The highest BCUT2D eigenvalue weighted by Gasteiger charge is 2.31. The third-order valence-corrected chi connectivity index (χ3v) is 4.43. The van der Waals surface area contributed by atoms with Crippen LogP contribution in [0.25, 0.3) is 11.0 Å². The van der Waals surface area contributed by atoms with E-state index in [2.05, 4.69) is 10.1 Å². The van der Waals surface area contributed by atoms with Crippen molar-refractivity contribution in [1.29, 1.82) is 0 Å². The van der Waals surface area contributed by atoms with E-state index in [9.17, 15) is 4.79 Å². The smallest absolute Gasteiger partial charge is 0.290 e. The number of carbonyl (C=O) groups excluding carboxylic acids is 1. The minimum Gasteiger partial charge on any atom is -0.449 e. The van der Waals surface area contributed by atoms with Crippen LogP contribution < -0.4 is 0 Å². The molecule has 1 saturated heterocycles. The van der Waals surface area contributed by atoms with Gasteiger partial charge in [0.2, 0.25) is 12.2 Å². The largest absolute Gasteiger partial charge is 0.449 e. The van der Waals surface area contributed by atoms with Crippen molar-refractivity contribution in [3.05, 3.63) is 46.8 Å². The van der Waals surface area contributed by atoms with Crippen molar-refractivity contribution in [2.75, 3.05) is 19.7 Å². The summed E-state index contributed by atoms with van der Waals surface area (Å²) in [6, 6.07) is 5.46. The van der Waals surface area contributed by atoms with Gasteiger partial charge in [-0.1, -0.05) is 28.9 Å². The summed E-state index contributed by atoms with van der Waals surface area (Å²) in [6.07, 6.45) is 0.833. The molecule has 0 bridgehead atoms. The van der Waals surface area contributed by atoms with Gasteiger partial charge in [0, 0.05) is 17.5 Å². The van der Waals surface area contributed by atoms with Gasteiger partial charge in [-0.15, -0.1) is 0 Å². The molecule has 0 spiro atoms. The maximum Gasteiger partial charge on any atom is 0.290 e. The molecule has 3 aromatic rings. The Balaban J connectivity index is 1.64. The Labute approximate surface area is 142 Å². The van der Waals surface area contributed by atoms with Gasteiger partial charge in [-0.05, 0) is 13.0 Å². The fourth-order valence-corrected chi connectivity index (χ4v) is 3.08. The molecule has 1 atom stereocenters. The number of aromatic nitrogens is 2. The Morgan fingerprint density at radius 1 is 1.42 bits per heavy atom. The summed E-state index contributed by atoms with van der Waals surface area (Å²) in [5.41, 5.74) is 1.31. The summed E-state index contributed by atoms with van der Waals surface area (Å²) in [5, 5.41) is 5.11. The van der Waals surface area contributed by atoms with E-state index in [-0.39, 0.29) is 5.91 Å². The predicted molar refractivity (Wildman–Crippen MR) is 84.9 cm³/mol. The first-order chi connectivity index (χ1) is 11.6. The molecule has 0 unspecified atom stereocenters. The number of morpholine rings is 1. The lowest BCUT2D eigenvalue weighted by Crippen LogP contribution is -2.42. The number of hydrogen-bond acceptors (Lipinski definition) is 6. The van der Waals surface area contributed by atoms with E-state index in [0.717, 1.165) is 10.9 Å². The maximum atomic E-state index is 12.9. The standard InChI is InChI=1S/C16H14ClN3O4/c1-9-10-3-2-4-11(17)14(10)24-13(9)16(21)20-5-6-22-12(7-20)15-18-8-23-19-15/h2-4,8,12H,5-7H2,1H3/t12-/m0/s1. The maximum absolute atomic E-state index is 12.9. The Morgan fingerprint density at radius 2 is 2.29 bits per heavy atom. The number of nitrogens with zero attached hydrogens (tertiary/aromatic N) is 3. The van der Waals surface area contributed by atoms with Gasteiger partial charge in [-0.3, -0.25) is 4.79 Å². The second kappa shape index (κ2) is 5.92. The van der Waals surface area contributed by atoms with E-state index in [1.807, 2.05) is 19.1 Å². The zero-order valence-corrected chi connectivity index (χ0v) is 13.6. The number of aryl methyl sites for hydroxylation is 1. The van der Waals surface area contributed by atoms with Crippen LogP contribution in [-0.2, 0) is 4.74 Å². The lowest BCUT2D eigenvalue weighted by Gasteiger charge is -2.30. The summed E-state index contributed by atoms with van der Waals surface area (Å²) in [6.45, 7) is 3.05. The van der Waals surface area contributed by atoms with Crippen molar-refractivity contribution in [3.63, 3.8) is 0 Å². The monoisotopic (exact) mass is 347 g/mol. The molecule has 1 aromatic carbocycles. The Hall–Kier alpha value is -2.38. The molecule has 4 rings (SSSR count). The van der Waals surface area contributed by atoms with Crippen LogP contribution in [0.5, 0.6) is 0 Å². The molecule has 8 heteroatoms. The van der Waals surface area contributed by atoms with Crippen LogP contribution in [0, 0.1) is 6.92 Å². The number of ether oxygens (including phenoxy) is 1. The number of furan rings is 1. The second-order valence-electron chi connectivity index (χ2n) is 5.57. The number of halogens is 1. The van der Waals surface area contributed by atoms with Crippen molar-refractivity contribution in [2.45, 2.75) is 13.0 Å². The topological polar surface area (TPSA) is 81.6 Å². The fourth-order valence-electron chi connectivity index (χ4n) is 2.87. The zero-order valence-electron chi connectivity index (χ0n) is 12.9. The lowest BCUT2D eigenvalue weighted by atomic mass is 10.1. The highest BCUT2D eigenvalue weighted by atomic mass is 35.5. The first-order valence-corrected chi connectivity index (χ1v) is 7.87. The van der Waals surface area contributed by atoms with E-state index < -0.39 is 6.10 Å². The van der Waals surface area contributed by atoms with Crippen LogP contribution in [0.4, 0.5) is 0 Å². The van der Waals surface area contributed by atoms with Gasteiger partial charge >= 0.3 is 0 Å². The van der Waals surface area contributed by atoms with Crippen molar-refractivity contribution in [2.24, 2.45) is 0 Å². The van der Waals surface area contributed by atoms with Crippen molar-refractivity contribution >= 4 is 28.5 Å². The minimum absolute atomic E-state index is 0.198. The summed E-state index contributed by atoms with van der Waals surface area (Å²) in [7, 11) is 0. The number of rotatable bonds is 2. The number of para-hydroxylation sites is 1. The van der Waals surface area contributed by atoms with Crippen LogP contribution in [0.3, 0.4) is 0 Å². The molecule has 124 valence electrons. The molecule has 24 heavy (non-hydrogen) atoms. The van der Waals surface area contributed by atoms with E-state index in [1.165, 1.54) is 6.39 Å². The number of benzene rings is 1. The first kappa shape index (κ1) is 15.2. The molecule has 0 saturated carbocycles. The number of hydrogen-bond donors (Lipinski definition) is 0. The van der Waals surface area contributed by atoms with Crippen molar-refractivity contribution < 1.29 is 18.5 Å². The Kier molecular flexibility index (Phi) is 3.74. The zero-order chi connectivity index (χ0) is 16.7. The van der Waals surface area contributed by atoms with Gasteiger partial charge in [0.1, 0.15) is 6.10 Å². The van der Waals surface area contributed by atoms with Crippen molar-refractivity contribution in [3.8, 4) is 0 Å². The molecular weight excluding hydrogens is 334 g/mol. The van der Waals surface area contributed by atoms with E-state index in [0.29, 0.717) is 41.9 Å². The quantitative estimate of drug-likeness (QED) is 0.708. The van der Waals surface area contributed by atoms with Gasteiger partial charge in [-0.25, -0.2) is 0 Å². The van der Waals surface area contributed by atoms with Gasteiger partial charge in [0.25, 0.3) is 5.91 Å². The molecule has 7 nitrogen and oxygen atoms in total. The minimum atomic E-state index is -0.408. The summed E-state index contributed by atoms with van der Waals surface area (Å²) >= 11 is 6.16. The fraction of sp³-hybridized carbons (Fsp3) is 0.312. The van der Waals surface area contributed by atoms with Gasteiger partial charge < -0.3 is 18.6 Å². The van der Waals surface area contributed by atoms with Crippen molar-refractivity contribution in [1.82, 2.24) is 15.0 Å². The van der Waals surface area contributed by atoms with Crippen LogP contribution in [-0.4, -0.2) is 40.6 Å². The predicted octanol–water partition coefficient (Wildman–Crippen LogP) is 2.99. The second-order valence-corrected chi connectivity index (χ2v) is 5.98. The molecule has 1 amide bonds. The average Bonchev–Trinajstić information content (AvgIpc) is 3.24. The lowest BCUT2D eigenvalue weighted by molar-refractivity contribution is -0.0284. The van der Waals surface area contributed by atoms with E-state index in [4.69, 9.17) is 25.3 Å². The summed E-state index contributed by atoms with van der Waals surface area (Å²) in [4.78, 5) is 18.5. The van der Waals surface area contributed by atoms with Gasteiger partial charge in [-0.2, -0.15) is 4.98 Å². The van der Waals surface area contributed by atoms with Crippen LogP contribution in [0.15, 0.2) is 33.5 Å². The molecule has 1 fully saturated rings. The molecule has 1 aliphatic rings. The number of amides is 1. The molecule has 0 aliphatic carbocycles. The molecular formula is C16H14ClN3O4. The molecule has 1 aliphatic heterocycles. The summed E-state index contributed by atoms with van der Waals surface area (Å²) in [5.74, 6) is 0.528. The third kappa shape index (κ3) is 2.46. The highest BCUT2D eigenvalue weighted by Crippen LogP contribution is 2.32. The van der Waals surface area contributed by atoms with E-state index in [1.54, 1.807) is 11.0 Å². The van der Waals surface area contributed by atoms with Gasteiger partial charge in [0.15, 0.2) is 11.3 Å². The Bertz CT molecular complexity index is 890. The van der Waals surface area contributed by atoms with E-state index >= 15 is 0 Å². The average molecular weight is 348 g/mol. The van der Waals surface area contributed by atoms with Gasteiger partial charge in [0.05, 0.1) is 18.2 Å². The normalized spacial score (nSPS) is 18.2. The SMILES string of the molecule is Cc1c(C(=O)N2CCO[C@H](c3ncon3)C2)oc2c(Cl)cccc12. The molecule has 2 aromatic heterocycles. The molecule has 3 heterocycles. The van der Waals surface area contributed by atoms with Crippen LogP contribution >= 0.6 is 11.6 Å². The third-order valence-electron chi connectivity index (χ3n) is 4.13. The van der Waals surface area contributed by atoms with Crippen LogP contribution in [0.1, 0.15) is 28.0 Å². The molecule has 0 N–H and O–H groups in total. The first-order valence-electron chi connectivity index (χ1n) is 7.50. The number of carbonyl (C=O) groups is 1. The highest BCUT2D eigenvalue weighted by molar-refractivity contribution is 6.35. The van der Waals surface area contributed by atoms with Crippen LogP contribution in [0.2, 0.25) is 5.02 Å². The number of fused-ring (bicyclic) bond motifs is 1. The Morgan fingerprint density at radius 3 is 3.04 bits per heavy atom.